The Morgan fingerprint density at radius 2 is 2.20 bits per heavy atom. The van der Waals surface area contributed by atoms with E-state index in [0.29, 0.717) is 5.69 Å². The molecule has 1 aromatic heterocycles. The van der Waals surface area contributed by atoms with Gasteiger partial charge >= 0.3 is 5.97 Å². The van der Waals surface area contributed by atoms with Crippen molar-refractivity contribution in [2.24, 2.45) is 7.05 Å². The summed E-state index contributed by atoms with van der Waals surface area (Å²) in [6.45, 7) is 1.96. The average Bonchev–Trinajstić information content (AvgIpc) is 2.86. The Morgan fingerprint density at radius 1 is 1.45 bits per heavy atom. The summed E-state index contributed by atoms with van der Waals surface area (Å²) in [5.41, 5.74) is 1.53. The van der Waals surface area contributed by atoms with Crippen LogP contribution in [0.15, 0.2) is 30.5 Å². The topological polar surface area (TPSA) is 56.1 Å². The number of methoxy groups -OCH3 is 1. The van der Waals surface area contributed by atoms with Crippen molar-refractivity contribution in [2.45, 2.75) is 13.0 Å². The van der Waals surface area contributed by atoms with E-state index in [4.69, 9.17) is 0 Å². The van der Waals surface area contributed by atoms with Crippen molar-refractivity contribution in [3.05, 3.63) is 47.5 Å². The number of halogens is 1. The van der Waals surface area contributed by atoms with E-state index >= 15 is 0 Å². The second kappa shape index (κ2) is 5.73. The van der Waals surface area contributed by atoms with Gasteiger partial charge in [0.1, 0.15) is 5.82 Å². The highest BCUT2D eigenvalue weighted by molar-refractivity contribution is 5.90. The minimum absolute atomic E-state index is 0.0292. The highest BCUT2D eigenvalue weighted by Gasteiger charge is 2.14. The summed E-state index contributed by atoms with van der Waals surface area (Å²) in [7, 11) is 3.07. The number of nitrogens with zero attached hydrogens (tertiary/aromatic N) is 2. The molecule has 6 heteroatoms. The molecule has 0 saturated carbocycles. The maximum atomic E-state index is 13.5. The monoisotopic (exact) mass is 277 g/mol. The van der Waals surface area contributed by atoms with Gasteiger partial charge in [0.15, 0.2) is 0 Å². The zero-order chi connectivity index (χ0) is 14.7. The van der Waals surface area contributed by atoms with Crippen LogP contribution in [0.5, 0.6) is 0 Å². The summed E-state index contributed by atoms with van der Waals surface area (Å²) in [5, 5.41) is 7.29. The fourth-order valence-electron chi connectivity index (χ4n) is 2.01. The highest BCUT2D eigenvalue weighted by Crippen LogP contribution is 2.21. The molecule has 0 spiro atoms. The Balaban J connectivity index is 2.22. The lowest BCUT2D eigenvalue weighted by molar-refractivity contribution is 0.0595. The fraction of sp³-hybridized carbons (Fsp3) is 0.286. The van der Waals surface area contributed by atoms with Gasteiger partial charge in [0.05, 0.1) is 24.4 Å². The number of hydrogen-bond acceptors (Lipinski definition) is 4. The normalized spacial score (nSPS) is 12.0. The van der Waals surface area contributed by atoms with Gasteiger partial charge in [-0.1, -0.05) is 0 Å². The van der Waals surface area contributed by atoms with Crippen molar-refractivity contribution < 1.29 is 13.9 Å². The second-order valence-electron chi connectivity index (χ2n) is 4.43. The van der Waals surface area contributed by atoms with Gasteiger partial charge in [-0.25, -0.2) is 9.18 Å². The molecule has 5 nitrogen and oxygen atoms in total. The Morgan fingerprint density at radius 3 is 2.80 bits per heavy atom. The summed E-state index contributed by atoms with van der Waals surface area (Å²) in [4.78, 5) is 11.5. The Hall–Kier alpha value is -2.37. The smallest absolute Gasteiger partial charge is 0.340 e. The first kappa shape index (κ1) is 14.0. The maximum absolute atomic E-state index is 13.5. The number of ether oxygens (including phenoxy) is 1. The van der Waals surface area contributed by atoms with Crippen LogP contribution in [-0.4, -0.2) is 22.9 Å². The molecule has 1 atom stereocenters. The summed E-state index contributed by atoms with van der Waals surface area (Å²) in [6, 6.07) is 6.12. The zero-order valence-corrected chi connectivity index (χ0v) is 11.6. The molecule has 1 heterocycles. The van der Waals surface area contributed by atoms with Crippen LogP contribution in [0, 0.1) is 5.82 Å². The standard InChI is InChI=1S/C14H16FN3O2/c1-9(13-6-7-16-18(13)2)17-10-4-5-12(15)11(8-10)14(19)20-3/h4-9,17H,1-3H3. The van der Waals surface area contributed by atoms with Crippen LogP contribution in [0.25, 0.3) is 0 Å². The molecule has 0 aliphatic heterocycles. The van der Waals surface area contributed by atoms with Crippen LogP contribution in [0.2, 0.25) is 0 Å². The number of hydrogen-bond donors (Lipinski definition) is 1. The molecule has 0 amide bonds. The fourth-order valence-corrected chi connectivity index (χ4v) is 2.01. The molecule has 1 unspecified atom stereocenters. The second-order valence-corrected chi connectivity index (χ2v) is 4.43. The van der Waals surface area contributed by atoms with Crippen molar-refractivity contribution in [3.63, 3.8) is 0 Å². The summed E-state index contributed by atoms with van der Waals surface area (Å²) in [6.07, 6.45) is 1.71. The first-order valence-corrected chi connectivity index (χ1v) is 6.15. The van der Waals surface area contributed by atoms with Gasteiger partial charge in [0.25, 0.3) is 0 Å². The highest BCUT2D eigenvalue weighted by atomic mass is 19.1. The molecule has 0 bridgehead atoms. The van der Waals surface area contributed by atoms with Gasteiger partial charge in [0, 0.05) is 18.9 Å². The van der Waals surface area contributed by atoms with E-state index in [1.807, 2.05) is 20.0 Å². The van der Waals surface area contributed by atoms with Crippen molar-refractivity contribution in [2.75, 3.05) is 12.4 Å². The largest absolute Gasteiger partial charge is 0.465 e. The number of rotatable bonds is 4. The predicted octanol–water partition coefficient (Wildman–Crippen LogP) is 2.52. The molecule has 2 aromatic rings. The summed E-state index contributed by atoms with van der Waals surface area (Å²) < 4.78 is 19.8. The minimum Gasteiger partial charge on any atom is -0.465 e. The number of aromatic nitrogens is 2. The first-order chi connectivity index (χ1) is 9.52. The summed E-state index contributed by atoms with van der Waals surface area (Å²) >= 11 is 0. The van der Waals surface area contributed by atoms with E-state index in [1.54, 1.807) is 16.9 Å². The van der Waals surface area contributed by atoms with Crippen LogP contribution in [0.3, 0.4) is 0 Å². The molecule has 0 aliphatic carbocycles. The van der Waals surface area contributed by atoms with Crippen molar-refractivity contribution in [1.82, 2.24) is 9.78 Å². The molecule has 2 rings (SSSR count). The molecule has 0 fully saturated rings. The van der Waals surface area contributed by atoms with Crippen LogP contribution < -0.4 is 5.32 Å². The van der Waals surface area contributed by atoms with Crippen LogP contribution in [0.1, 0.15) is 29.0 Å². The molecule has 106 valence electrons. The van der Waals surface area contributed by atoms with Gasteiger partial charge in [-0.05, 0) is 31.2 Å². The molecule has 20 heavy (non-hydrogen) atoms. The average molecular weight is 277 g/mol. The lowest BCUT2D eigenvalue weighted by Gasteiger charge is -2.16. The third-order valence-electron chi connectivity index (χ3n) is 3.06. The van der Waals surface area contributed by atoms with E-state index < -0.39 is 11.8 Å². The van der Waals surface area contributed by atoms with Crippen LogP contribution in [-0.2, 0) is 11.8 Å². The van der Waals surface area contributed by atoms with Crippen molar-refractivity contribution in [1.29, 1.82) is 0 Å². The van der Waals surface area contributed by atoms with Gasteiger partial charge in [-0.15, -0.1) is 0 Å². The van der Waals surface area contributed by atoms with Gasteiger partial charge in [-0.3, -0.25) is 4.68 Å². The van der Waals surface area contributed by atoms with E-state index in [1.165, 1.54) is 19.2 Å². The number of esters is 1. The number of carbonyl (C=O) groups excluding carboxylic acids is 1. The van der Waals surface area contributed by atoms with E-state index in [2.05, 4.69) is 15.2 Å². The van der Waals surface area contributed by atoms with Crippen molar-refractivity contribution >= 4 is 11.7 Å². The van der Waals surface area contributed by atoms with E-state index in [-0.39, 0.29) is 11.6 Å². The van der Waals surface area contributed by atoms with Crippen molar-refractivity contribution in [3.8, 4) is 0 Å². The molecule has 1 N–H and O–H groups in total. The summed E-state index contributed by atoms with van der Waals surface area (Å²) in [5.74, 6) is -1.30. The van der Waals surface area contributed by atoms with Gasteiger partial charge in [0.2, 0.25) is 0 Å². The lowest BCUT2D eigenvalue weighted by atomic mass is 10.1. The van der Waals surface area contributed by atoms with Crippen LogP contribution in [0.4, 0.5) is 10.1 Å². The molecule has 0 radical (unpaired) electrons. The third kappa shape index (κ3) is 2.79. The third-order valence-corrected chi connectivity index (χ3v) is 3.06. The molecular formula is C14H16FN3O2. The first-order valence-electron chi connectivity index (χ1n) is 6.15. The Bertz CT molecular complexity index is 625. The van der Waals surface area contributed by atoms with Gasteiger partial charge in [-0.2, -0.15) is 5.10 Å². The quantitative estimate of drug-likeness (QED) is 0.872. The Kier molecular flexibility index (Phi) is 4.02. The lowest BCUT2D eigenvalue weighted by Crippen LogP contribution is -2.12. The van der Waals surface area contributed by atoms with Gasteiger partial charge < -0.3 is 10.1 Å². The Labute approximate surface area is 116 Å². The molecular weight excluding hydrogens is 261 g/mol. The number of nitrogens with one attached hydrogen (secondary N) is 1. The van der Waals surface area contributed by atoms with E-state index in [0.717, 1.165) is 5.69 Å². The number of anilines is 1. The molecule has 0 saturated heterocycles. The van der Waals surface area contributed by atoms with Crippen LogP contribution >= 0.6 is 0 Å². The minimum atomic E-state index is -0.695. The molecule has 0 aliphatic rings. The number of carbonyl (C=O) groups is 1. The number of benzene rings is 1. The van der Waals surface area contributed by atoms with E-state index in [9.17, 15) is 9.18 Å². The SMILES string of the molecule is COC(=O)c1cc(NC(C)c2ccnn2C)ccc1F. The molecule has 1 aromatic carbocycles. The maximum Gasteiger partial charge on any atom is 0.340 e. The zero-order valence-electron chi connectivity index (χ0n) is 11.6. The predicted molar refractivity (Wildman–Crippen MR) is 73.0 cm³/mol. The number of aryl methyl sites for hydroxylation is 1.